The summed E-state index contributed by atoms with van der Waals surface area (Å²) in [7, 11) is 0. The number of fused-ring (bicyclic) bond motifs is 16. The molecule has 0 saturated carbocycles. The molecule has 0 saturated heterocycles. The molecular formula is C36H21N5. The normalized spacial score (nSPS) is 12.8. The lowest BCUT2D eigenvalue weighted by atomic mass is 9.98. The van der Waals surface area contributed by atoms with E-state index in [1.165, 1.54) is 49.4 Å². The SMILES string of the molecule is c1ccc(-n2c3ccc4c5ccncc5n5c6cccnc6nc5c4c3c3ccc4c(c32)-c2ccccc2C4)cc1. The van der Waals surface area contributed by atoms with E-state index >= 15 is 0 Å². The Morgan fingerprint density at radius 3 is 2.44 bits per heavy atom. The zero-order valence-corrected chi connectivity index (χ0v) is 21.9. The van der Waals surface area contributed by atoms with E-state index in [4.69, 9.17) is 4.98 Å². The number of benzene rings is 4. The Hall–Kier alpha value is -5.55. The fourth-order valence-electron chi connectivity index (χ4n) is 7.23. The summed E-state index contributed by atoms with van der Waals surface area (Å²) >= 11 is 0. The Kier molecular flexibility index (Phi) is 3.92. The minimum absolute atomic E-state index is 0.740. The van der Waals surface area contributed by atoms with E-state index in [0.717, 1.165) is 45.2 Å². The molecule has 0 atom stereocenters. The van der Waals surface area contributed by atoms with Crippen molar-refractivity contribution in [3.05, 3.63) is 127 Å². The van der Waals surface area contributed by atoms with Gasteiger partial charge in [-0.1, -0.05) is 60.7 Å². The fraction of sp³-hybridized carbons (Fsp3) is 0.0278. The lowest BCUT2D eigenvalue weighted by Gasteiger charge is -2.12. The van der Waals surface area contributed by atoms with Crippen molar-refractivity contribution in [2.75, 3.05) is 0 Å². The molecule has 0 fully saturated rings. The van der Waals surface area contributed by atoms with Crippen molar-refractivity contribution in [1.29, 1.82) is 0 Å². The molecule has 0 aliphatic heterocycles. The van der Waals surface area contributed by atoms with Crippen LogP contribution in [-0.2, 0) is 6.42 Å². The molecule has 9 aromatic rings. The molecule has 41 heavy (non-hydrogen) atoms. The fourth-order valence-corrected chi connectivity index (χ4v) is 7.23. The average Bonchev–Trinajstić information content (AvgIpc) is 3.71. The number of rotatable bonds is 1. The van der Waals surface area contributed by atoms with Crippen LogP contribution >= 0.6 is 0 Å². The number of para-hydroxylation sites is 1. The van der Waals surface area contributed by atoms with Crippen LogP contribution in [0, 0.1) is 0 Å². The van der Waals surface area contributed by atoms with Crippen molar-refractivity contribution in [2.24, 2.45) is 0 Å². The van der Waals surface area contributed by atoms with Gasteiger partial charge >= 0.3 is 0 Å². The highest BCUT2D eigenvalue weighted by atomic mass is 15.1. The number of hydrogen-bond donors (Lipinski definition) is 0. The summed E-state index contributed by atoms with van der Waals surface area (Å²) in [5.41, 5.74) is 12.7. The lowest BCUT2D eigenvalue weighted by Crippen LogP contribution is -1.96. The molecule has 5 heteroatoms. The number of nitrogens with zero attached hydrogens (tertiary/aromatic N) is 5. The molecule has 0 unspecified atom stereocenters. The van der Waals surface area contributed by atoms with E-state index in [0.29, 0.717) is 0 Å². The number of imidazole rings is 1. The highest BCUT2D eigenvalue weighted by molar-refractivity contribution is 6.30. The zero-order valence-electron chi connectivity index (χ0n) is 21.9. The highest BCUT2D eigenvalue weighted by Crippen LogP contribution is 2.48. The zero-order chi connectivity index (χ0) is 26.7. The molecule has 0 amide bonds. The number of aromatic nitrogens is 5. The molecular weight excluding hydrogens is 502 g/mol. The maximum Gasteiger partial charge on any atom is 0.178 e. The van der Waals surface area contributed by atoms with Crippen LogP contribution in [-0.4, -0.2) is 23.9 Å². The van der Waals surface area contributed by atoms with Gasteiger partial charge in [-0.05, 0) is 64.9 Å². The van der Waals surface area contributed by atoms with E-state index in [1.54, 1.807) is 0 Å². The second-order valence-corrected chi connectivity index (χ2v) is 10.9. The second kappa shape index (κ2) is 7.55. The predicted molar refractivity (Wildman–Crippen MR) is 166 cm³/mol. The van der Waals surface area contributed by atoms with Gasteiger partial charge in [0.05, 0.1) is 28.3 Å². The van der Waals surface area contributed by atoms with Crippen LogP contribution in [0.5, 0.6) is 0 Å². The van der Waals surface area contributed by atoms with E-state index in [9.17, 15) is 0 Å². The third kappa shape index (κ3) is 2.63. The largest absolute Gasteiger partial charge is 0.309 e. The van der Waals surface area contributed by atoms with Crippen LogP contribution in [0.1, 0.15) is 11.1 Å². The maximum absolute atomic E-state index is 5.16. The molecule has 0 radical (unpaired) electrons. The Bertz CT molecular complexity index is 2550. The van der Waals surface area contributed by atoms with Gasteiger partial charge in [0.25, 0.3) is 0 Å². The first-order chi connectivity index (χ1) is 20.4. The first-order valence-electron chi connectivity index (χ1n) is 13.9. The van der Waals surface area contributed by atoms with Crippen molar-refractivity contribution < 1.29 is 0 Å². The Balaban J connectivity index is 1.52. The molecule has 1 aliphatic rings. The first kappa shape index (κ1) is 21.3. The lowest BCUT2D eigenvalue weighted by molar-refractivity contribution is 1.18. The van der Waals surface area contributed by atoms with E-state index in [2.05, 4.69) is 110 Å². The van der Waals surface area contributed by atoms with Gasteiger partial charge in [-0.15, -0.1) is 0 Å². The number of pyridine rings is 3. The van der Waals surface area contributed by atoms with Crippen molar-refractivity contribution in [1.82, 2.24) is 23.9 Å². The van der Waals surface area contributed by atoms with E-state index in [-0.39, 0.29) is 0 Å². The Morgan fingerprint density at radius 2 is 1.49 bits per heavy atom. The molecule has 0 bridgehead atoms. The molecule has 0 N–H and O–H groups in total. The third-order valence-electron chi connectivity index (χ3n) is 8.85. The van der Waals surface area contributed by atoms with Crippen molar-refractivity contribution in [2.45, 2.75) is 6.42 Å². The molecule has 0 spiro atoms. The summed E-state index contributed by atoms with van der Waals surface area (Å²) in [6.07, 6.45) is 6.59. The minimum Gasteiger partial charge on any atom is -0.309 e. The molecule has 4 aromatic carbocycles. The van der Waals surface area contributed by atoms with Gasteiger partial charge in [0.2, 0.25) is 0 Å². The first-order valence-corrected chi connectivity index (χ1v) is 13.9. The van der Waals surface area contributed by atoms with Gasteiger partial charge in [0, 0.05) is 45.2 Å². The van der Waals surface area contributed by atoms with Gasteiger partial charge in [-0.3, -0.25) is 9.38 Å². The van der Waals surface area contributed by atoms with Crippen molar-refractivity contribution in [3.8, 4) is 16.8 Å². The van der Waals surface area contributed by atoms with Gasteiger partial charge < -0.3 is 4.57 Å². The van der Waals surface area contributed by atoms with Gasteiger partial charge in [-0.25, -0.2) is 9.97 Å². The maximum atomic E-state index is 5.16. The van der Waals surface area contributed by atoms with Gasteiger partial charge in [0.15, 0.2) is 5.65 Å². The summed E-state index contributed by atoms with van der Waals surface area (Å²) in [6, 6.07) is 35.0. The monoisotopic (exact) mass is 523 g/mol. The predicted octanol–water partition coefficient (Wildman–Crippen LogP) is 8.25. The quantitative estimate of drug-likeness (QED) is 0.204. The molecule has 5 heterocycles. The Morgan fingerprint density at radius 1 is 0.610 bits per heavy atom. The standard InChI is InChI=1S/C36H21N5/c1-2-8-23(9-3-1)40-28-15-14-26-25-16-18-37-20-30(25)41-29-11-6-17-38-35(29)39-36(41)33(26)32(28)27-13-12-22-19-21-7-4-5-10-24(21)31(22)34(27)40/h1-18,20H,19H2. The number of hydrogen-bond acceptors (Lipinski definition) is 3. The van der Waals surface area contributed by atoms with Gasteiger partial charge in [-0.2, -0.15) is 0 Å². The highest BCUT2D eigenvalue weighted by Gasteiger charge is 2.27. The van der Waals surface area contributed by atoms with Crippen LogP contribution < -0.4 is 0 Å². The smallest absolute Gasteiger partial charge is 0.178 e. The summed E-state index contributed by atoms with van der Waals surface area (Å²) in [4.78, 5) is 14.3. The topological polar surface area (TPSA) is 48.0 Å². The summed E-state index contributed by atoms with van der Waals surface area (Å²) in [5, 5.41) is 5.92. The molecule has 5 aromatic heterocycles. The van der Waals surface area contributed by atoms with Crippen molar-refractivity contribution >= 4 is 60.3 Å². The van der Waals surface area contributed by atoms with Crippen LogP contribution in [0.25, 0.3) is 77.1 Å². The Labute approximate surface area is 234 Å². The van der Waals surface area contributed by atoms with E-state index < -0.39 is 0 Å². The van der Waals surface area contributed by atoms with E-state index in [1.807, 2.05) is 24.7 Å². The summed E-state index contributed by atoms with van der Waals surface area (Å²) in [5.74, 6) is 0. The molecule has 5 nitrogen and oxygen atoms in total. The van der Waals surface area contributed by atoms with Crippen LogP contribution in [0.15, 0.2) is 116 Å². The summed E-state index contributed by atoms with van der Waals surface area (Å²) in [6.45, 7) is 0. The minimum atomic E-state index is 0.740. The van der Waals surface area contributed by atoms with Crippen molar-refractivity contribution in [3.63, 3.8) is 0 Å². The van der Waals surface area contributed by atoms with Crippen LogP contribution in [0.3, 0.4) is 0 Å². The average molecular weight is 524 g/mol. The van der Waals surface area contributed by atoms with Crippen LogP contribution in [0.4, 0.5) is 0 Å². The second-order valence-electron chi connectivity index (χ2n) is 10.9. The van der Waals surface area contributed by atoms with Crippen LogP contribution in [0.2, 0.25) is 0 Å². The third-order valence-corrected chi connectivity index (χ3v) is 8.85. The molecule has 190 valence electrons. The van der Waals surface area contributed by atoms with Gasteiger partial charge in [0.1, 0.15) is 5.65 Å². The molecule has 1 aliphatic carbocycles. The summed E-state index contributed by atoms with van der Waals surface area (Å²) < 4.78 is 4.69. The molecule has 10 rings (SSSR count).